The summed E-state index contributed by atoms with van der Waals surface area (Å²) in [5, 5.41) is 5.42. The average molecular weight is 363 g/mol. The minimum Gasteiger partial charge on any atom is -0.342 e. The average Bonchev–Trinajstić information content (AvgIpc) is 3.28. The van der Waals surface area contributed by atoms with E-state index in [1.54, 1.807) is 0 Å². The molecule has 1 aliphatic heterocycles. The number of nitrogens with zero attached hydrogens (tertiary/aromatic N) is 3. The van der Waals surface area contributed by atoms with E-state index in [-0.39, 0.29) is 11.6 Å². The number of fused-ring (bicyclic) bond motifs is 1. The number of para-hydroxylation sites is 2. The molecule has 0 spiro atoms. The zero-order valence-corrected chi connectivity index (χ0v) is 13.7. The Labute approximate surface area is 146 Å². The predicted octanol–water partition coefficient (Wildman–Crippen LogP) is 3.32. The van der Waals surface area contributed by atoms with Crippen LogP contribution in [0.5, 0.6) is 0 Å². The molecule has 1 aliphatic rings. The van der Waals surface area contributed by atoms with Crippen LogP contribution in [0.3, 0.4) is 0 Å². The number of amides is 1. The van der Waals surface area contributed by atoms with Crippen LogP contribution in [0.4, 0.5) is 13.2 Å². The number of aromatic amines is 2. The van der Waals surface area contributed by atoms with E-state index in [2.05, 4.69) is 15.1 Å². The Morgan fingerprint density at radius 1 is 1.27 bits per heavy atom. The quantitative estimate of drug-likeness (QED) is 0.733. The number of carbonyl (C=O) groups is 1. The molecule has 3 heterocycles. The van der Waals surface area contributed by atoms with Crippen molar-refractivity contribution in [1.82, 2.24) is 25.1 Å². The molecule has 0 radical (unpaired) electrons. The minimum absolute atomic E-state index is 0.0149. The molecule has 1 atom stereocenters. The van der Waals surface area contributed by atoms with Gasteiger partial charge in [-0.2, -0.15) is 18.3 Å². The van der Waals surface area contributed by atoms with Gasteiger partial charge in [-0.1, -0.05) is 12.1 Å². The van der Waals surface area contributed by atoms with Gasteiger partial charge in [-0.3, -0.25) is 9.89 Å². The second kappa shape index (κ2) is 6.15. The number of imidazole rings is 1. The number of hydrogen-bond donors (Lipinski definition) is 2. The van der Waals surface area contributed by atoms with E-state index in [1.807, 2.05) is 29.4 Å². The summed E-state index contributed by atoms with van der Waals surface area (Å²) in [6.07, 6.45) is -2.94. The molecule has 0 saturated carbocycles. The maximum absolute atomic E-state index is 12.7. The van der Waals surface area contributed by atoms with Gasteiger partial charge in [-0.05, 0) is 25.0 Å². The lowest BCUT2D eigenvalue weighted by Gasteiger charge is -2.31. The zero-order chi connectivity index (χ0) is 18.3. The van der Waals surface area contributed by atoms with Crippen molar-refractivity contribution in [2.75, 3.05) is 13.1 Å². The van der Waals surface area contributed by atoms with Gasteiger partial charge in [0.1, 0.15) is 11.5 Å². The fourth-order valence-corrected chi connectivity index (χ4v) is 3.29. The second-order valence-corrected chi connectivity index (χ2v) is 6.39. The molecule has 0 bridgehead atoms. The number of H-pyrrole nitrogens is 2. The Hall–Kier alpha value is -2.84. The predicted molar refractivity (Wildman–Crippen MR) is 87.6 cm³/mol. The fourth-order valence-electron chi connectivity index (χ4n) is 3.29. The number of likely N-dealkylation sites (tertiary alicyclic amines) is 1. The largest absolute Gasteiger partial charge is 0.432 e. The Morgan fingerprint density at radius 2 is 2.08 bits per heavy atom. The molecule has 1 fully saturated rings. The van der Waals surface area contributed by atoms with Crippen molar-refractivity contribution in [2.24, 2.45) is 0 Å². The third-order valence-corrected chi connectivity index (χ3v) is 4.61. The number of hydrogen-bond acceptors (Lipinski definition) is 3. The zero-order valence-electron chi connectivity index (χ0n) is 13.7. The Bertz CT molecular complexity index is 912. The van der Waals surface area contributed by atoms with Crippen molar-refractivity contribution in [3.8, 4) is 0 Å². The van der Waals surface area contributed by atoms with E-state index in [0.717, 1.165) is 35.8 Å². The maximum Gasteiger partial charge on any atom is 0.432 e. The number of nitrogens with one attached hydrogen (secondary N) is 2. The van der Waals surface area contributed by atoms with Gasteiger partial charge in [0.15, 0.2) is 5.69 Å². The summed E-state index contributed by atoms with van der Waals surface area (Å²) in [7, 11) is 0. The van der Waals surface area contributed by atoms with E-state index in [4.69, 9.17) is 0 Å². The summed E-state index contributed by atoms with van der Waals surface area (Å²) < 4.78 is 38.0. The molecular formula is C17H16F3N5O. The molecular weight excluding hydrogens is 347 g/mol. The van der Waals surface area contributed by atoms with Crippen molar-refractivity contribution in [3.05, 3.63) is 47.5 Å². The number of halogens is 3. The molecule has 1 saturated heterocycles. The highest BCUT2D eigenvalue weighted by Gasteiger charge is 2.35. The highest BCUT2D eigenvalue weighted by molar-refractivity contribution is 5.92. The van der Waals surface area contributed by atoms with E-state index in [1.165, 1.54) is 4.90 Å². The number of piperidine rings is 1. The van der Waals surface area contributed by atoms with Gasteiger partial charge in [-0.15, -0.1) is 0 Å². The fraction of sp³-hybridized carbons (Fsp3) is 0.353. The van der Waals surface area contributed by atoms with Crippen LogP contribution in [-0.2, 0) is 6.18 Å². The Kier molecular flexibility index (Phi) is 3.93. The number of rotatable bonds is 2. The molecule has 4 rings (SSSR count). The summed E-state index contributed by atoms with van der Waals surface area (Å²) in [6.45, 7) is 0.886. The first kappa shape index (κ1) is 16.6. The monoisotopic (exact) mass is 363 g/mol. The molecule has 3 aromatic rings. The molecule has 1 aromatic carbocycles. The third kappa shape index (κ3) is 3.04. The van der Waals surface area contributed by atoms with Crippen LogP contribution >= 0.6 is 0 Å². The van der Waals surface area contributed by atoms with Crippen LogP contribution < -0.4 is 0 Å². The molecule has 2 aromatic heterocycles. The van der Waals surface area contributed by atoms with Gasteiger partial charge in [-0.25, -0.2) is 4.98 Å². The lowest BCUT2D eigenvalue weighted by atomic mass is 9.97. The van der Waals surface area contributed by atoms with Crippen LogP contribution in [-0.4, -0.2) is 44.1 Å². The SMILES string of the molecule is O=C(c1cc(C(F)(F)F)[nH]n1)N1CCCC(c2nc3ccccc3[nH]2)C1. The Balaban J connectivity index is 1.52. The van der Waals surface area contributed by atoms with Crippen molar-refractivity contribution < 1.29 is 18.0 Å². The molecule has 0 aliphatic carbocycles. The van der Waals surface area contributed by atoms with Crippen molar-refractivity contribution in [1.29, 1.82) is 0 Å². The number of carbonyl (C=O) groups excluding carboxylic acids is 1. The lowest BCUT2D eigenvalue weighted by molar-refractivity contribution is -0.141. The van der Waals surface area contributed by atoms with Crippen LogP contribution in [0.2, 0.25) is 0 Å². The third-order valence-electron chi connectivity index (χ3n) is 4.61. The molecule has 26 heavy (non-hydrogen) atoms. The van der Waals surface area contributed by atoms with Gasteiger partial charge in [0.25, 0.3) is 5.91 Å². The number of aromatic nitrogens is 4. The highest BCUT2D eigenvalue weighted by atomic mass is 19.4. The normalized spacial score (nSPS) is 18.4. The van der Waals surface area contributed by atoms with Crippen LogP contribution in [0.25, 0.3) is 11.0 Å². The van der Waals surface area contributed by atoms with E-state index in [0.29, 0.717) is 13.1 Å². The van der Waals surface area contributed by atoms with Crippen molar-refractivity contribution >= 4 is 16.9 Å². The number of alkyl halides is 3. The highest BCUT2D eigenvalue weighted by Crippen LogP contribution is 2.30. The Morgan fingerprint density at radius 3 is 2.81 bits per heavy atom. The van der Waals surface area contributed by atoms with Gasteiger partial charge in [0.05, 0.1) is 11.0 Å². The lowest BCUT2D eigenvalue weighted by Crippen LogP contribution is -2.39. The molecule has 1 unspecified atom stereocenters. The van der Waals surface area contributed by atoms with Crippen LogP contribution in [0, 0.1) is 0 Å². The topological polar surface area (TPSA) is 77.7 Å². The standard InChI is InChI=1S/C17H16F3N5O/c18-17(19,20)14-8-13(23-24-14)16(26)25-7-3-4-10(9-25)15-21-11-5-1-2-6-12(11)22-15/h1-2,5-6,8,10H,3-4,7,9H2,(H,21,22)(H,23,24). The van der Waals surface area contributed by atoms with Crippen LogP contribution in [0.15, 0.2) is 30.3 Å². The molecule has 1 amide bonds. The maximum atomic E-state index is 12.7. The van der Waals surface area contributed by atoms with E-state index < -0.39 is 17.8 Å². The molecule has 6 nitrogen and oxygen atoms in total. The van der Waals surface area contributed by atoms with Crippen LogP contribution in [0.1, 0.15) is 40.8 Å². The summed E-state index contributed by atoms with van der Waals surface area (Å²) in [6, 6.07) is 8.41. The molecule has 2 N–H and O–H groups in total. The summed E-state index contributed by atoms with van der Waals surface area (Å²) in [5.41, 5.74) is 0.537. The van der Waals surface area contributed by atoms with Gasteiger partial charge < -0.3 is 9.88 Å². The van der Waals surface area contributed by atoms with E-state index in [9.17, 15) is 18.0 Å². The summed E-state index contributed by atoms with van der Waals surface area (Å²) in [4.78, 5) is 21.9. The minimum atomic E-state index is -4.55. The number of benzene rings is 1. The summed E-state index contributed by atoms with van der Waals surface area (Å²) in [5.74, 6) is 0.306. The first-order chi connectivity index (χ1) is 12.4. The smallest absolute Gasteiger partial charge is 0.342 e. The van der Waals surface area contributed by atoms with Crippen molar-refractivity contribution in [2.45, 2.75) is 24.9 Å². The molecule has 136 valence electrons. The first-order valence-corrected chi connectivity index (χ1v) is 8.28. The van der Waals surface area contributed by atoms with Gasteiger partial charge in [0, 0.05) is 25.1 Å². The molecule has 9 heteroatoms. The van der Waals surface area contributed by atoms with Gasteiger partial charge >= 0.3 is 6.18 Å². The first-order valence-electron chi connectivity index (χ1n) is 8.28. The second-order valence-electron chi connectivity index (χ2n) is 6.39. The van der Waals surface area contributed by atoms with Gasteiger partial charge in [0.2, 0.25) is 0 Å². The summed E-state index contributed by atoms with van der Waals surface area (Å²) >= 11 is 0. The van der Waals surface area contributed by atoms with E-state index >= 15 is 0 Å². The van der Waals surface area contributed by atoms with Crippen molar-refractivity contribution in [3.63, 3.8) is 0 Å².